The Hall–Kier alpha value is -3.69. The topological polar surface area (TPSA) is 111 Å². The van der Waals surface area contributed by atoms with E-state index in [-0.39, 0.29) is 24.0 Å². The number of ether oxygens (including phenoxy) is 3. The molecule has 0 saturated carbocycles. The first-order valence-electron chi connectivity index (χ1n) is 8.74. The monoisotopic (exact) mass is 401 g/mol. The standard InChI is InChI=1S/C19H20FN5O4/c1-4-13-14(18(20)16(28-3)6-15(13)27-2)10-29-12-7-21-19(22-8-12)23-17-5-11(9-26)24-25-17/h5-9H,4,10H2,1-3H3,(H2,21,22,23,24,25). The molecule has 2 N–H and O–H groups in total. The van der Waals surface area contributed by atoms with Gasteiger partial charge < -0.3 is 19.5 Å². The van der Waals surface area contributed by atoms with Crippen molar-refractivity contribution in [1.29, 1.82) is 0 Å². The van der Waals surface area contributed by atoms with Crippen LogP contribution in [0.15, 0.2) is 24.5 Å². The summed E-state index contributed by atoms with van der Waals surface area (Å²) in [6, 6.07) is 3.04. The first-order chi connectivity index (χ1) is 14.1. The molecule has 2 heterocycles. The molecule has 3 aromatic rings. The highest BCUT2D eigenvalue weighted by Gasteiger charge is 2.19. The number of hydrogen-bond donors (Lipinski definition) is 2. The van der Waals surface area contributed by atoms with Crippen molar-refractivity contribution < 1.29 is 23.4 Å². The molecule has 2 aromatic heterocycles. The fourth-order valence-corrected chi connectivity index (χ4v) is 2.76. The Labute approximate surface area is 166 Å². The lowest BCUT2D eigenvalue weighted by molar-refractivity contribution is 0.111. The Morgan fingerprint density at radius 1 is 1.14 bits per heavy atom. The van der Waals surface area contributed by atoms with E-state index in [1.54, 1.807) is 0 Å². The Bertz CT molecular complexity index is 991. The van der Waals surface area contributed by atoms with Crippen LogP contribution in [0.3, 0.4) is 0 Å². The number of rotatable bonds is 9. The number of H-pyrrole nitrogens is 1. The van der Waals surface area contributed by atoms with Gasteiger partial charge in [0.25, 0.3) is 0 Å². The molecule has 0 amide bonds. The van der Waals surface area contributed by atoms with E-state index in [0.29, 0.717) is 41.2 Å². The number of aromatic amines is 1. The van der Waals surface area contributed by atoms with Crippen molar-refractivity contribution in [3.63, 3.8) is 0 Å². The van der Waals surface area contributed by atoms with E-state index in [0.717, 1.165) is 0 Å². The molecular weight excluding hydrogens is 381 g/mol. The summed E-state index contributed by atoms with van der Waals surface area (Å²) >= 11 is 0. The number of aromatic nitrogens is 4. The minimum Gasteiger partial charge on any atom is -0.496 e. The van der Waals surface area contributed by atoms with Gasteiger partial charge in [0.2, 0.25) is 5.95 Å². The van der Waals surface area contributed by atoms with Crippen molar-refractivity contribution in [2.45, 2.75) is 20.0 Å². The number of carbonyl (C=O) groups is 1. The average Bonchev–Trinajstić information content (AvgIpc) is 3.21. The van der Waals surface area contributed by atoms with Gasteiger partial charge in [0, 0.05) is 23.3 Å². The van der Waals surface area contributed by atoms with Crippen LogP contribution in [0.4, 0.5) is 16.2 Å². The molecule has 0 fully saturated rings. The molecule has 152 valence electrons. The normalized spacial score (nSPS) is 10.5. The molecule has 9 nitrogen and oxygen atoms in total. The van der Waals surface area contributed by atoms with E-state index >= 15 is 0 Å². The van der Waals surface area contributed by atoms with Gasteiger partial charge in [0.1, 0.15) is 23.9 Å². The third-order valence-electron chi connectivity index (χ3n) is 4.17. The van der Waals surface area contributed by atoms with E-state index in [9.17, 15) is 9.18 Å². The summed E-state index contributed by atoms with van der Waals surface area (Å²) in [5.74, 6) is 1.24. The second-order valence-corrected chi connectivity index (χ2v) is 5.89. The van der Waals surface area contributed by atoms with Gasteiger partial charge in [-0.2, -0.15) is 5.10 Å². The number of aldehydes is 1. The molecular formula is C19H20FN5O4. The number of nitrogens with one attached hydrogen (secondary N) is 2. The second kappa shape index (κ2) is 9.00. The highest BCUT2D eigenvalue weighted by Crippen LogP contribution is 2.33. The lowest BCUT2D eigenvalue weighted by Crippen LogP contribution is -2.07. The fraction of sp³-hybridized carbons (Fsp3) is 0.263. The largest absolute Gasteiger partial charge is 0.496 e. The summed E-state index contributed by atoms with van der Waals surface area (Å²) in [6.07, 6.45) is 4.09. The number of benzene rings is 1. The van der Waals surface area contributed by atoms with Gasteiger partial charge in [-0.15, -0.1) is 0 Å². The van der Waals surface area contributed by atoms with Gasteiger partial charge in [-0.05, 0) is 6.42 Å². The van der Waals surface area contributed by atoms with Gasteiger partial charge >= 0.3 is 0 Å². The van der Waals surface area contributed by atoms with Crippen molar-refractivity contribution in [1.82, 2.24) is 20.2 Å². The van der Waals surface area contributed by atoms with Crippen molar-refractivity contribution in [3.05, 3.63) is 47.2 Å². The van der Waals surface area contributed by atoms with Crippen LogP contribution < -0.4 is 19.5 Å². The second-order valence-electron chi connectivity index (χ2n) is 5.89. The van der Waals surface area contributed by atoms with E-state index in [2.05, 4.69) is 25.5 Å². The van der Waals surface area contributed by atoms with Crippen molar-refractivity contribution in [2.75, 3.05) is 19.5 Å². The predicted molar refractivity (Wildman–Crippen MR) is 103 cm³/mol. The fourth-order valence-electron chi connectivity index (χ4n) is 2.76. The zero-order chi connectivity index (χ0) is 20.8. The molecule has 0 spiro atoms. The Morgan fingerprint density at radius 3 is 2.45 bits per heavy atom. The highest BCUT2D eigenvalue weighted by molar-refractivity contribution is 5.73. The smallest absolute Gasteiger partial charge is 0.228 e. The number of hydrogen-bond acceptors (Lipinski definition) is 8. The molecule has 0 aliphatic heterocycles. The minimum absolute atomic E-state index is 0.0397. The molecule has 0 radical (unpaired) electrons. The number of halogens is 1. The summed E-state index contributed by atoms with van der Waals surface area (Å²) in [5, 5.41) is 9.28. The maximum absolute atomic E-state index is 14.7. The van der Waals surface area contributed by atoms with Gasteiger partial charge in [-0.3, -0.25) is 9.89 Å². The summed E-state index contributed by atoms with van der Waals surface area (Å²) in [7, 11) is 2.92. The SMILES string of the molecule is CCc1c(OC)cc(OC)c(F)c1COc1cnc(Nc2cc(C=O)n[nH]2)nc1. The van der Waals surface area contributed by atoms with Crippen LogP contribution in [0.1, 0.15) is 28.5 Å². The van der Waals surface area contributed by atoms with Crippen molar-refractivity contribution in [2.24, 2.45) is 0 Å². The lowest BCUT2D eigenvalue weighted by Gasteiger charge is -2.17. The number of methoxy groups -OCH3 is 2. The van der Waals surface area contributed by atoms with Gasteiger partial charge in [-0.1, -0.05) is 6.92 Å². The molecule has 0 atom stereocenters. The van der Waals surface area contributed by atoms with Gasteiger partial charge in [0.05, 0.1) is 26.6 Å². The molecule has 0 aliphatic carbocycles. The summed E-state index contributed by atoms with van der Waals surface area (Å²) < 4.78 is 30.8. The third-order valence-corrected chi connectivity index (χ3v) is 4.17. The Kier molecular flexibility index (Phi) is 6.22. The van der Waals surface area contributed by atoms with Crippen LogP contribution in [0.2, 0.25) is 0 Å². The first kappa shape index (κ1) is 20.1. The molecule has 29 heavy (non-hydrogen) atoms. The zero-order valence-electron chi connectivity index (χ0n) is 16.2. The first-order valence-corrected chi connectivity index (χ1v) is 8.74. The highest BCUT2D eigenvalue weighted by atomic mass is 19.1. The summed E-state index contributed by atoms with van der Waals surface area (Å²) in [5.41, 5.74) is 1.31. The molecule has 1 aromatic carbocycles. The lowest BCUT2D eigenvalue weighted by atomic mass is 10.0. The number of anilines is 2. The zero-order valence-corrected chi connectivity index (χ0v) is 16.2. The predicted octanol–water partition coefficient (Wildman–Crippen LogP) is 3.05. The summed E-state index contributed by atoms with van der Waals surface area (Å²) in [6.45, 7) is 1.87. The quantitative estimate of drug-likeness (QED) is 0.526. The van der Waals surface area contributed by atoms with Crippen LogP contribution in [0.5, 0.6) is 17.2 Å². The molecule has 0 saturated heterocycles. The molecule has 0 unspecified atom stereocenters. The molecule has 0 bridgehead atoms. The maximum Gasteiger partial charge on any atom is 0.228 e. The number of carbonyl (C=O) groups excluding carboxylic acids is 1. The van der Waals surface area contributed by atoms with Crippen LogP contribution in [-0.4, -0.2) is 40.7 Å². The maximum atomic E-state index is 14.7. The van der Waals surface area contributed by atoms with Crippen LogP contribution in [0.25, 0.3) is 0 Å². The number of nitrogens with zero attached hydrogens (tertiary/aromatic N) is 3. The summed E-state index contributed by atoms with van der Waals surface area (Å²) in [4.78, 5) is 18.9. The molecule has 3 rings (SSSR count). The van der Waals surface area contributed by atoms with Crippen molar-refractivity contribution >= 4 is 18.1 Å². The van der Waals surface area contributed by atoms with E-state index < -0.39 is 5.82 Å². The molecule has 10 heteroatoms. The Morgan fingerprint density at radius 2 is 1.86 bits per heavy atom. The average molecular weight is 401 g/mol. The van der Waals surface area contributed by atoms with Crippen LogP contribution in [0, 0.1) is 5.82 Å². The molecule has 0 aliphatic rings. The van der Waals surface area contributed by atoms with Crippen molar-refractivity contribution in [3.8, 4) is 17.2 Å². The Balaban J connectivity index is 1.73. The van der Waals surface area contributed by atoms with Crippen LogP contribution >= 0.6 is 0 Å². The van der Waals surface area contributed by atoms with Gasteiger partial charge in [0.15, 0.2) is 23.6 Å². The van der Waals surface area contributed by atoms with E-state index in [4.69, 9.17) is 14.2 Å². The van der Waals surface area contributed by atoms with E-state index in [1.165, 1.54) is 38.7 Å². The van der Waals surface area contributed by atoms with E-state index in [1.807, 2.05) is 6.92 Å². The third kappa shape index (κ3) is 4.42. The van der Waals surface area contributed by atoms with Crippen LogP contribution in [-0.2, 0) is 13.0 Å². The minimum atomic E-state index is -0.491. The van der Waals surface area contributed by atoms with Gasteiger partial charge in [-0.25, -0.2) is 14.4 Å².